The fourth-order valence-corrected chi connectivity index (χ4v) is 1.99. The summed E-state index contributed by atoms with van der Waals surface area (Å²) in [6.45, 7) is 9.06. The second-order valence-corrected chi connectivity index (χ2v) is 5.65. The molecule has 1 rings (SSSR count). The molecule has 1 N–H and O–H groups in total. The molecule has 0 saturated heterocycles. The quantitative estimate of drug-likeness (QED) is 0.867. The van der Waals surface area contributed by atoms with Crippen molar-refractivity contribution >= 4 is 15.9 Å². The second-order valence-electron chi connectivity index (χ2n) is 4.80. The second kappa shape index (κ2) is 7.00. The topological polar surface area (TPSA) is 30.5 Å². The Kier molecular flexibility index (Phi) is 5.96. The van der Waals surface area contributed by atoms with Crippen LogP contribution in [0, 0.1) is 0 Å². The van der Waals surface area contributed by atoms with Crippen LogP contribution < -0.4 is 14.8 Å². The summed E-state index contributed by atoms with van der Waals surface area (Å²) >= 11 is 3.57. The monoisotopic (exact) mass is 315 g/mol. The van der Waals surface area contributed by atoms with E-state index in [-0.39, 0.29) is 6.10 Å². The lowest BCUT2D eigenvalue weighted by molar-refractivity contribution is 0.230. The van der Waals surface area contributed by atoms with Gasteiger partial charge >= 0.3 is 0 Å². The van der Waals surface area contributed by atoms with Crippen molar-refractivity contribution in [1.29, 1.82) is 0 Å². The molecular weight excluding hydrogens is 294 g/mol. The number of ether oxygens (including phenoxy) is 2. The number of rotatable bonds is 6. The molecule has 0 aliphatic heterocycles. The summed E-state index contributed by atoms with van der Waals surface area (Å²) in [6, 6.07) is 4.43. The molecule has 3 nitrogen and oxygen atoms in total. The van der Waals surface area contributed by atoms with Crippen molar-refractivity contribution in [3.63, 3.8) is 0 Å². The maximum atomic E-state index is 5.72. The highest BCUT2D eigenvalue weighted by Gasteiger charge is 2.11. The van der Waals surface area contributed by atoms with Crippen LogP contribution in [0.1, 0.15) is 33.3 Å². The van der Waals surface area contributed by atoms with Crippen molar-refractivity contribution in [2.24, 2.45) is 0 Å². The van der Waals surface area contributed by atoms with E-state index in [0.29, 0.717) is 6.04 Å². The molecule has 4 heteroatoms. The fraction of sp³-hybridized carbons (Fsp3) is 0.571. The Labute approximate surface area is 118 Å². The molecule has 0 aromatic heterocycles. The van der Waals surface area contributed by atoms with E-state index < -0.39 is 0 Å². The predicted molar refractivity (Wildman–Crippen MR) is 78.4 cm³/mol. The van der Waals surface area contributed by atoms with Gasteiger partial charge in [0.25, 0.3) is 0 Å². The van der Waals surface area contributed by atoms with Gasteiger partial charge in [0.15, 0.2) is 11.5 Å². The minimum atomic E-state index is 0.130. The Morgan fingerprint density at radius 2 is 1.83 bits per heavy atom. The maximum Gasteiger partial charge on any atom is 0.162 e. The first-order valence-corrected chi connectivity index (χ1v) is 6.99. The smallest absolute Gasteiger partial charge is 0.162 e. The Balaban J connectivity index is 2.94. The highest BCUT2D eigenvalue weighted by atomic mass is 79.9. The summed E-state index contributed by atoms with van der Waals surface area (Å²) in [4.78, 5) is 0. The van der Waals surface area contributed by atoms with Gasteiger partial charge in [-0.05, 0) is 31.5 Å². The van der Waals surface area contributed by atoms with Crippen molar-refractivity contribution in [3.8, 4) is 11.5 Å². The largest absolute Gasteiger partial charge is 0.493 e. The minimum absolute atomic E-state index is 0.130. The molecule has 18 heavy (non-hydrogen) atoms. The average Bonchev–Trinajstić information content (AvgIpc) is 2.27. The van der Waals surface area contributed by atoms with Gasteiger partial charge in [0.05, 0.1) is 13.2 Å². The maximum absolute atomic E-state index is 5.72. The van der Waals surface area contributed by atoms with E-state index in [2.05, 4.69) is 35.1 Å². The number of hydrogen-bond acceptors (Lipinski definition) is 3. The Morgan fingerprint density at radius 3 is 2.33 bits per heavy atom. The third-order valence-corrected chi connectivity index (χ3v) is 3.13. The lowest BCUT2D eigenvalue weighted by Crippen LogP contribution is -2.22. The van der Waals surface area contributed by atoms with Gasteiger partial charge in [-0.2, -0.15) is 0 Å². The Hall–Kier alpha value is -0.740. The summed E-state index contributed by atoms with van der Waals surface area (Å²) in [7, 11) is 1.66. The van der Waals surface area contributed by atoms with Gasteiger partial charge in [0, 0.05) is 17.1 Å². The van der Waals surface area contributed by atoms with Crippen LogP contribution in [0.5, 0.6) is 11.5 Å². The zero-order chi connectivity index (χ0) is 13.7. The normalized spacial score (nSPS) is 11.1. The van der Waals surface area contributed by atoms with Gasteiger partial charge in [0.1, 0.15) is 0 Å². The molecule has 0 bridgehead atoms. The third-order valence-electron chi connectivity index (χ3n) is 2.40. The number of nitrogens with one attached hydrogen (secondary N) is 1. The van der Waals surface area contributed by atoms with Crippen LogP contribution in [0.2, 0.25) is 0 Å². The first-order valence-electron chi connectivity index (χ1n) is 6.20. The molecule has 0 radical (unpaired) electrons. The summed E-state index contributed by atoms with van der Waals surface area (Å²) < 4.78 is 12.1. The summed E-state index contributed by atoms with van der Waals surface area (Å²) in [5, 5.41) is 3.39. The van der Waals surface area contributed by atoms with E-state index in [4.69, 9.17) is 9.47 Å². The first-order chi connectivity index (χ1) is 8.43. The van der Waals surface area contributed by atoms with E-state index in [1.54, 1.807) is 7.11 Å². The minimum Gasteiger partial charge on any atom is -0.493 e. The molecule has 0 aliphatic rings. The van der Waals surface area contributed by atoms with Crippen LogP contribution in [-0.2, 0) is 6.54 Å². The van der Waals surface area contributed by atoms with E-state index in [1.807, 2.05) is 26.0 Å². The summed E-state index contributed by atoms with van der Waals surface area (Å²) in [6.07, 6.45) is 0.130. The number of methoxy groups -OCH3 is 1. The standard InChI is InChI=1S/C14H22BrNO2/c1-9(2)16-8-11-6-13(17-5)14(7-12(11)15)18-10(3)4/h6-7,9-10,16H,8H2,1-5H3. The summed E-state index contributed by atoms with van der Waals surface area (Å²) in [5.74, 6) is 1.54. The third kappa shape index (κ3) is 4.50. The van der Waals surface area contributed by atoms with Crippen molar-refractivity contribution in [2.45, 2.75) is 46.4 Å². The van der Waals surface area contributed by atoms with E-state index in [9.17, 15) is 0 Å². The molecule has 0 amide bonds. The zero-order valence-corrected chi connectivity index (χ0v) is 13.3. The van der Waals surface area contributed by atoms with E-state index in [1.165, 1.54) is 0 Å². The van der Waals surface area contributed by atoms with Gasteiger partial charge in [-0.25, -0.2) is 0 Å². The van der Waals surface area contributed by atoms with E-state index >= 15 is 0 Å². The van der Waals surface area contributed by atoms with Gasteiger partial charge in [-0.3, -0.25) is 0 Å². The lowest BCUT2D eigenvalue weighted by Gasteiger charge is -2.17. The molecule has 102 valence electrons. The van der Waals surface area contributed by atoms with Gasteiger partial charge in [-0.1, -0.05) is 29.8 Å². The molecule has 0 aliphatic carbocycles. The molecule has 0 heterocycles. The number of benzene rings is 1. The van der Waals surface area contributed by atoms with Crippen LogP contribution in [0.3, 0.4) is 0 Å². The van der Waals surface area contributed by atoms with Crippen LogP contribution in [0.15, 0.2) is 16.6 Å². The van der Waals surface area contributed by atoms with Crippen molar-refractivity contribution in [1.82, 2.24) is 5.32 Å². The molecule has 0 unspecified atom stereocenters. The van der Waals surface area contributed by atoms with Gasteiger partial charge in [0.2, 0.25) is 0 Å². The SMILES string of the molecule is COc1cc(CNC(C)C)c(Br)cc1OC(C)C. The number of halogens is 1. The molecule has 0 fully saturated rings. The predicted octanol–water partition coefficient (Wildman–Crippen LogP) is 3.74. The lowest BCUT2D eigenvalue weighted by atomic mass is 10.2. The van der Waals surface area contributed by atoms with Crippen LogP contribution in [-0.4, -0.2) is 19.3 Å². The molecule has 0 atom stereocenters. The van der Waals surface area contributed by atoms with Crippen LogP contribution >= 0.6 is 15.9 Å². The van der Waals surface area contributed by atoms with Crippen molar-refractivity contribution < 1.29 is 9.47 Å². The Morgan fingerprint density at radius 1 is 1.17 bits per heavy atom. The average molecular weight is 316 g/mol. The van der Waals surface area contributed by atoms with Crippen molar-refractivity contribution in [3.05, 3.63) is 22.2 Å². The van der Waals surface area contributed by atoms with E-state index in [0.717, 1.165) is 28.1 Å². The Bertz CT molecular complexity index is 392. The molecule has 1 aromatic rings. The van der Waals surface area contributed by atoms with Crippen LogP contribution in [0.4, 0.5) is 0 Å². The molecular formula is C14H22BrNO2. The highest BCUT2D eigenvalue weighted by molar-refractivity contribution is 9.10. The molecule has 0 spiro atoms. The van der Waals surface area contributed by atoms with Gasteiger partial charge in [-0.15, -0.1) is 0 Å². The summed E-state index contributed by atoms with van der Waals surface area (Å²) in [5.41, 5.74) is 1.16. The van der Waals surface area contributed by atoms with Gasteiger partial charge < -0.3 is 14.8 Å². The first kappa shape index (κ1) is 15.3. The van der Waals surface area contributed by atoms with Crippen molar-refractivity contribution in [2.75, 3.05) is 7.11 Å². The molecule has 0 saturated carbocycles. The van der Waals surface area contributed by atoms with Crippen LogP contribution in [0.25, 0.3) is 0 Å². The highest BCUT2D eigenvalue weighted by Crippen LogP contribution is 2.34. The molecule has 1 aromatic carbocycles. The fourth-order valence-electron chi connectivity index (χ4n) is 1.53. The zero-order valence-electron chi connectivity index (χ0n) is 11.7. The number of hydrogen-bond donors (Lipinski definition) is 1.